The van der Waals surface area contributed by atoms with Gasteiger partial charge in [-0.25, -0.2) is 0 Å². The van der Waals surface area contributed by atoms with Gasteiger partial charge in [0, 0.05) is 23.3 Å². The lowest BCUT2D eigenvalue weighted by molar-refractivity contribution is 0.873. The summed E-state index contributed by atoms with van der Waals surface area (Å²) in [5.41, 5.74) is 9.53. The predicted octanol–water partition coefficient (Wildman–Crippen LogP) is 3.03. The number of thioether (sulfide) groups is 1. The van der Waals surface area contributed by atoms with Crippen LogP contribution in [0.1, 0.15) is 17.0 Å². The third-order valence-electron chi connectivity index (χ3n) is 3.25. The summed E-state index contributed by atoms with van der Waals surface area (Å²) < 4.78 is 0. The third-order valence-corrected chi connectivity index (χ3v) is 4.03. The second kappa shape index (κ2) is 6.63. The fourth-order valence-corrected chi connectivity index (χ4v) is 2.93. The van der Waals surface area contributed by atoms with Crippen molar-refractivity contribution < 1.29 is 0 Å². The Morgan fingerprint density at radius 3 is 2.62 bits per heavy atom. The number of pyridine rings is 1. The van der Waals surface area contributed by atoms with E-state index >= 15 is 0 Å². The van der Waals surface area contributed by atoms with Crippen LogP contribution in [0.5, 0.6) is 0 Å². The van der Waals surface area contributed by atoms with Crippen LogP contribution in [0.15, 0.2) is 41.3 Å². The maximum absolute atomic E-state index is 7.85. The van der Waals surface area contributed by atoms with E-state index in [0.29, 0.717) is 6.54 Å². The van der Waals surface area contributed by atoms with Crippen molar-refractivity contribution in [3.05, 3.63) is 53.3 Å². The van der Waals surface area contributed by atoms with Crippen LogP contribution in [0.2, 0.25) is 0 Å². The van der Waals surface area contributed by atoms with E-state index in [0.717, 1.165) is 27.5 Å². The van der Waals surface area contributed by atoms with Gasteiger partial charge in [-0.3, -0.25) is 10.4 Å². The van der Waals surface area contributed by atoms with E-state index in [2.05, 4.69) is 9.88 Å². The monoisotopic (exact) mass is 300 g/mol. The molecule has 0 aliphatic heterocycles. The van der Waals surface area contributed by atoms with Gasteiger partial charge in [0.1, 0.15) is 5.84 Å². The Hall–Kier alpha value is -2.01. The first kappa shape index (κ1) is 15.4. The lowest BCUT2D eigenvalue weighted by atomic mass is 10.1. The number of aryl methyl sites for hydroxylation is 1. The number of hydrogen-bond acceptors (Lipinski definition) is 4. The zero-order valence-electron chi connectivity index (χ0n) is 12.6. The van der Waals surface area contributed by atoms with Crippen molar-refractivity contribution in [3.8, 4) is 0 Å². The van der Waals surface area contributed by atoms with E-state index in [1.807, 2.05) is 56.6 Å². The van der Waals surface area contributed by atoms with Crippen molar-refractivity contribution in [2.45, 2.75) is 18.4 Å². The summed E-state index contributed by atoms with van der Waals surface area (Å²) in [5, 5.41) is 7.85. The number of hydrogen-bond donors (Lipinski definition) is 2. The maximum Gasteiger partial charge on any atom is 0.126 e. The molecule has 0 amide bonds. The number of nitrogens with one attached hydrogen (secondary N) is 1. The van der Waals surface area contributed by atoms with Crippen molar-refractivity contribution in [1.82, 2.24) is 4.98 Å². The Balaban J connectivity index is 2.35. The Kier molecular flexibility index (Phi) is 4.85. The zero-order chi connectivity index (χ0) is 15.4. The first-order valence-corrected chi connectivity index (χ1v) is 7.90. The zero-order valence-corrected chi connectivity index (χ0v) is 13.4. The molecule has 0 bridgehead atoms. The molecular formula is C16H20N4S. The SMILES string of the molecule is CSc1cccc(N(C)Cc2cccc(C)n2)c1C(=N)N. The molecule has 4 nitrogen and oxygen atoms in total. The molecule has 2 rings (SSSR count). The molecule has 0 atom stereocenters. The summed E-state index contributed by atoms with van der Waals surface area (Å²) in [6.45, 7) is 2.67. The molecule has 1 aromatic carbocycles. The van der Waals surface area contributed by atoms with E-state index < -0.39 is 0 Å². The molecule has 0 saturated heterocycles. The van der Waals surface area contributed by atoms with Crippen LogP contribution in [0, 0.1) is 12.3 Å². The molecule has 110 valence electrons. The van der Waals surface area contributed by atoms with Crippen LogP contribution >= 0.6 is 11.8 Å². The van der Waals surface area contributed by atoms with Gasteiger partial charge in [-0.05, 0) is 37.4 Å². The molecule has 3 N–H and O–H groups in total. The number of anilines is 1. The molecule has 5 heteroatoms. The van der Waals surface area contributed by atoms with Gasteiger partial charge in [-0.2, -0.15) is 0 Å². The summed E-state index contributed by atoms with van der Waals surface area (Å²) in [6.07, 6.45) is 1.99. The van der Waals surface area contributed by atoms with Crippen LogP contribution in [0.25, 0.3) is 0 Å². The number of nitrogen functional groups attached to an aromatic ring is 1. The first-order valence-electron chi connectivity index (χ1n) is 6.68. The average Bonchev–Trinajstić information content (AvgIpc) is 2.46. The summed E-state index contributed by atoms with van der Waals surface area (Å²) in [4.78, 5) is 7.62. The van der Waals surface area contributed by atoms with E-state index in [1.54, 1.807) is 11.8 Å². The smallest absolute Gasteiger partial charge is 0.126 e. The third kappa shape index (κ3) is 3.55. The fraction of sp³-hybridized carbons (Fsp3) is 0.250. The van der Waals surface area contributed by atoms with Gasteiger partial charge < -0.3 is 10.6 Å². The van der Waals surface area contributed by atoms with Gasteiger partial charge in [0.2, 0.25) is 0 Å². The topological polar surface area (TPSA) is 66.0 Å². The number of nitrogens with two attached hydrogens (primary N) is 1. The molecule has 0 aliphatic rings. The van der Waals surface area contributed by atoms with Gasteiger partial charge in [0.15, 0.2) is 0 Å². The minimum Gasteiger partial charge on any atom is -0.384 e. The van der Waals surface area contributed by atoms with Crippen LogP contribution in [-0.2, 0) is 6.54 Å². The Morgan fingerprint density at radius 2 is 2.00 bits per heavy atom. The Morgan fingerprint density at radius 1 is 1.29 bits per heavy atom. The van der Waals surface area contributed by atoms with E-state index in [-0.39, 0.29) is 5.84 Å². The van der Waals surface area contributed by atoms with Crippen molar-refractivity contribution in [3.63, 3.8) is 0 Å². The summed E-state index contributed by atoms with van der Waals surface area (Å²) in [7, 11) is 2.00. The second-order valence-electron chi connectivity index (χ2n) is 4.89. The Labute approximate surface area is 129 Å². The summed E-state index contributed by atoms with van der Waals surface area (Å²) in [6, 6.07) is 12.0. The van der Waals surface area contributed by atoms with Gasteiger partial charge in [-0.1, -0.05) is 12.1 Å². The normalized spacial score (nSPS) is 10.4. The number of aromatic nitrogens is 1. The predicted molar refractivity (Wildman–Crippen MR) is 90.3 cm³/mol. The molecule has 1 aromatic heterocycles. The number of rotatable bonds is 5. The molecule has 0 fully saturated rings. The van der Waals surface area contributed by atoms with Gasteiger partial charge >= 0.3 is 0 Å². The molecule has 1 heterocycles. The van der Waals surface area contributed by atoms with Crippen LogP contribution in [-0.4, -0.2) is 24.1 Å². The highest BCUT2D eigenvalue weighted by Crippen LogP contribution is 2.29. The van der Waals surface area contributed by atoms with Gasteiger partial charge in [0.25, 0.3) is 0 Å². The van der Waals surface area contributed by atoms with Crippen molar-refractivity contribution in [2.24, 2.45) is 5.73 Å². The standard InChI is InChI=1S/C16H20N4S/c1-11-6-4-7-12(19-11)10-20(2)13-8-5-9-14(21-3)15(13)16(17)18/h4-9H,10H2,1-3H3,(H3,17,18). The number of nitrogens with zero attached hydrogens (tertiary/aromatic N) is 2. The number of amidine groups is 1. The van der Waals surface area contributed by atoms with Crippen LogP contribution < -0.4 is 10.6 Å². The second-order valence-corrected chi connectivity index (χ2v) is 5.74. The maximum atomic E-state index is 7.85. The minimum atomic E-state index is 0.0963. The highest BCUT2D eigenvalue weighted by molar-refractivity contribution is 7.98. The van der Waals surface area contributed by atoms with Crippen molar-refractivity contribution >= 4 is 23.3 Å². The first-order chi connectivity index (χ1) is 10.0. The molecule has 21 heavy (non-hydrogen) atoms. The molecule has 0 radical (unpaired) electrons. The van der Waals surface area contributed by atoms with Crippen LogP contribution in [0.4, 0.5) is 5.69 Å². The molecule has 0 aliphatic carbocycles. The lowest BCUT2D eigenvalue weighted by Gasteiger charge is -2.23. The van der Waals surface area contributed by atoms with Crippen molar-refractivity contribution in [1.29, 1.82) is 5.41 Å². The molecular weight excluding hydrogens is 280 g/mol. The van der Waals surface area contributed by atoms with E-state index in [1.165, 1.54) is 0 Å². The van der Waals surface area contributed by atoms with Gasteiger partial charge in [-0.15, -0.1) is 11.8 Å². The van der Waals surface area contributed by atoms with Crippen LogP contribution in [0.3, 0.4) is 0 Å². The summed E-state index contributed by atoms with van der Waals surface area (Å²) in [5.74, 6) is 0.0963. The average molecular weight is 300 g/mol. The lowest BCUT2D eigenvalue weighted by Crippen LogP contribution is -2.23. The molecule has 0 spiro atoms. The quantitative estimate of drug-likeness (QED) is 0.506. The largest absolute Gasteiger partial charge is 0.384 e. The van der Waals surface area contributed by atoms with Gasteiger partial charge in [0.05, 0.1) is 17.8 Å². The summed E-state index contributed by atoms with van der Waals surface area (Å²) >= 11 is 1.60. The minimum absolute atomic E-state index is 0.0963. The molecule has 2 aromatic rings. The highest BCUT2D eigenvalue weighted by atomic mass is 32.2. The molecule has 0 unspecified atom stereocenters. The number of benzene rings is 1. The fourth-order valence-electron chi connectivity index (χ4n) is 2.29. The van der Waals surface area contributed by atoms with E-state index in [9.17, 15) is 0 Å². The van der Waals surface area contributed by atoms with E-state index in [4.69, 9.17) is 11.1 Å². The molecule has 0 saturated carbocycles. The Bertz CT molecular complexity index is 654. The van der Waals surface area contributed by atoms with Crippen molar-refractivity contribution in [2.75, 3.05) is 18.2 Å². The highest BCUT2D eigenvalue weighted by Gasteiger charge is 2.14.